The molecule has 0 aliphatic heterocycles. The average molecular weight is 461 g/mol. The van der Waals surface area contributed by atoms with Crippen LogP contribution in [0.25, 0.3) is 22.0 Å². The zero-order chi connectivity index (χ0) is 23.5. The lowest BCUT2D eigenvalue weighted by Gasteiger charge is -2.21. The van der Waals surface area contributed by atoms with Crippen molar-refractivity contribution in [2.75, 3.05) is 19.4 Å². The quantitative estimate of drug-likeness (QED) is 0.399. The Morgan fingerprint density at radius 1 is 1.16 bits per heavy atom. The third-order valence-electron chi connectivity index (χ3n) is 5.58. The highest BCUT2D eigenvalue weighted by Crippen LogP contribution is 2.48. The molecule has 1 heterocycles. The van der Waals surface area contributed by atoms with Crippen molar-refractivity contribution in [3.05, 3.63) is 60.0 Å². The van der Waals surface area contributed by atoms with Crippen molar-refractivity contribution < 1.29 is 28.5 Å². The maximum Gasteiger partial charge on any atom is 0.305 e. The summed E-state index contributed by atoms with van der Waals surface area (Å²) in [5.74, 6) is -1.47. The first-order valence-electron chi connectivity index (χ1n) is 10.6. The molecule has 0 amide bonds. The number of aliphatic carboxylic acids is 1. The molecule has 2 N–H and O–H groups in total. The molecule has 2 aromatic carbocycles. The molecule has 3 aromatic rings. The highest BCUT2D eigenvalue weighted by atomic mass is 31.2. The summed E-state index contributed by atoms with van der Waals surface area (Å²) in [7, 11) is -1.95. The van der Waals surface area contributed by atoms with E-state index in [4.69, 9.17) is 9.63 Å². The third-order valence-corrected chi connectivity index (χ3v) is 8.13. The summed E-state index contributed by atoms with van der Waals surface area (Å²) in [6.07, 6.45) is -1.41. The molecule has 0 aliphatic carbocycles. The van der Waals surface area contributed by atoms with Gasteiger partial charge in [-0.15, -0.1) is 0 Å². The molecule has 172 valence electrons. The van der Waals surface area contributed by atoms with Gasteiger partial charge in [0.25, 0.3) is 0 Å². The molecule has 0 saturated heterocycles. The fourth-order valence-corrected chi connectivity index (χ4v) is 6.05. The molecule has 0 spiro atoms. The largest absolute Gasteiger partial charge is 0.481 e. The zero-order valence-corrected chi connectivity index (χ0v) is 19.4. The van der Waals surface area contributed by atoms with Crippen molar-refractivity contribution in [3.8, 4) is 11.1 Å². The summed E-state index contributed by atoms with van der Waals surface area (Å²) >= 11 is 0. The Balaban J connectivity index is 2.05. The second-order valence-electron chi connectivity index (χ2n) is 8.21. The predicted molar refractivity (Wildman–Crippen MR) is 124 cm³/mol. The van der Waals surface area contributed by atoms with E-state index in [1.54, 1.807) is 12.1 Å². The second-order valence-corrected chi connectivity index (χ2v) is 11.0. The van der Waals surface area contributed by atoms with Gasteiger partial charge in [0.2, 0.25) is 7.37 Å². The summed E-state index contributed by atoms with van der Waals surface area (Å²) in [5.41, 5.74) is 3.77. The third kappa shape index (κ3) is 5.29. The van der Waals surface area contributed by atoms with Crippen LogP contribution >= 0.6 is 7.37 Å². The Bertz CT molecular complexity index is 1140. The number of aromatic nitrogens is 1. The lowest BCUT2D eigenvalue weighted by atomic mass is 10.0. The minimum Gasteiger partial charge on any atom is -0.481 e. The average Bonchev–Trinajstić information content (AvgIpc) is 3.06. The Kier molecular flexibility index (Phi) is 7.55. The summed E-state index contributed by atoms with van der Waals surface area (Å²) in [4.78, 5) is 10.9. The molecule has 1 aromatic heterocycles. The van der Waals surface area contributed by atoms with E-state index in [0.717, 1.165) is 27.7 Å². The lowest BCUT2D eigenvalue weighted by Crippen LogP contribution is -2.19. The van der Waals surface area contributed by atoms with Crippen LogP contribution in [0.4, 0.5) is 4.39 Å². The number of hydrogen-bond donors (Lipinski definition) is 2. The molecular weight excluding hydrogens is 432 g/mol. The van der Waals surface area contributed by atoms with Gasteiger partial charge < -0.3 is 19.3 Å². The van der Waals surface area contributed by atoms with Crippen molar-refractivity contribution in [1.29, 1.82) is 0 Å². The van der Waals surface area contributed by atoms with Crippen LogP contribution < -0.4 is 0 Å². The number of aliphatic hydroxyl groups excluding tert-OH is 1. The Morgan fingerprint density at radius 2 is 1.81 bits per heavy atom. The monoisotopic (exact) mass is 461 g/mol. The van der Waals surface area contributed by atoms with Gasteiger partial charge in [-0.25, -0.2) is 4.39 Å². The van der Waals surface area contributed by atoms with Crippen LogP contribution in [-0.4, -0.2) is 46.3 Å². The van der Waals surface area contributed by atoms with Crippen LogP contribution in [-0.2, 0) is 20.3 Å². The first-order chi connectivity index (χ1) is 15.1. The molecule has 0 bridgehead atoms. The van der Waals surface area contributed by atoms with E-state index in [1.165, 1.54) is 19.2 Å². The number of rotatable bonds is 10. The van der Waals surface area contributed by atoms with Gasteiger partial charge >= 0.3 is 5.97 Å². The van der Waals surface area contributed by atoms with Crippen LogP contribution in [0, 0.1) is 5.82 Å². The number of carboxylic acid groups (broad SMARTS) is 1. The van der Waals surface area contributed by atoms with Gasteiger partial charge in [0.1, 0.15) is 5.82 Å². The van der Waals surface area contributed by atoms with E-state index in [2.05, 4.69) is 18.4 Å². The van der Waals surface area contributed by atoms with Crippen molar-refractivity contribution in [2.45, 2.75) is 38.8 Å². The number of benzene rings is 2. The SMILES string of the molecule is COP(=O)(CCc1c(-c2ccc(F)cc2)c2ccccc2n1C(C)C)CC(O)CC(=O)O. The van der Waals surface area contributed by atoms with E-state index in [9.17, 15) is 18.9 Å². The number of carboxylic acids is 1. The summed E-state index contributed by atoms with van der Waals surface area (Å²) in [5, 5.41) is 19.9. The molecule has 2 unspecified atom stereocenters. The fourth-order valence-electron chi connectivity index (χ4n) is 4.21. The molecule has 32 heavy (non-hydrogen) atoms. The second kappa shape index (κ2) is 9.99. The van der Waals surface area contributed by atoms with Crippen molar-refractivity contribution in [2.24, 2.45) is 0 Å². The number of carbonyl (C=O) groups is 1. The smallest absolute Gasteiger partial charge is 0.305 e. The first kappa shape index (κ1) is 24.2. The van der Waals surface area contributed by atoms with Crippen molar-refractivity contribution >= 4 is 24.2 Å². The molecule has 0 fully saturated rings. The van der Waals surface area contributed by atoms with Crippen LogP contribution in [0.15, 0.2) is 48.5 Å². The summed E-state index contributed by atoms with van der Waals surface area (Å²) in [6, 6.07) is 14.4. The zero-order valence-electron chi connectivity index (χ0n) is 18.5. The van der Waals surface area contributed by atoms with Crippen LogP contribution in [0.3, 0.4) is 0 Å². The Labute approximate surface area is 187 Å². The van der Waals surface area contributed by atoms with E-state index >= 15 is 0 Å². The minimum absolute atomic E-state index is 0.114. The van der Waals surface area contributed by atoms with Crippen LogP contribution in [0.5, 0.6) is 0 Å². The summed E-state index contributed by atoms with van der Waals surface area (Å²) in [6.45, 7) is 4.13. The maximum atomic E-state index is 13.6. The Hall–Kier alpha value is -2.47. The first-order valence-corrected chi connectivity index (χ1v) is 12.6. The van der Waals surface area contributed by atoms with Gasteiger partial charge in [0.15, 0.2) is 0 Å². The minimum atomic E-state index is -3.28. The molecule has 0 radical (unpaired) electrons. The number of fused-ring (bicyclic) bond motifs is 1. The van der Waals surface area contributed by atoms with E-state index in [0.29, 0.717) is 6.42 Å². The number of halogens is 1. The van der Waals surface area contributed by atoms with Crippen molar-refractivity contribution in [3.63, 3.8) is 0 Å². The van der Waals surface area contributed by atoms with E-state index in [1.807, 2.05) is 24.3 Å². The fraction of sp³-hybridized carbons (Fsp3) is 0.375. The lowest BCUT2D eigenvalue weighted by molar-refractivity contribution is -0.138. The molecule has 0 saturated carbocycles. The molecule has 3 rings (SSSR count). The normalized spacial score (nSPS) is 14.6. The van der Waals surface area contributed by atoms with Gasteiger partial charge in [-0.05, 0) is 44.0 Å². The number of aliphatic hydroxyl groups is 1. The topological polar surface area (TPSA) is 88.8 Å². The standard InChI is InChI=1S/C24H29FNO5P/c1-16(2)26-21-7-5-4-6-20(21)24(17-8-10-18(25)11-9-17)22(26)12-13-32(30,31-3)15-19(27)14-23(28)29/h4-11,16,19,27H,12-15H2,1-3H3,(H,28,29). The van der Waals surface area contributed by atoms with Crippen LogP contribution in [0.2, 0.25) is 0 Å². The van der Waals surface area contributed by atoms with Crippen molar-refractivity contribution in [1.82, 2.24) is 4.57 Å². The van der Waals surface area contributed by atoms with Gasteiger partial charge in [-0.1, -0.05) is 30.3 Å². The summed E-state index contributed by atoms with van der Waals surface area (Å²) < 4.78 is 34.4. The van der Waals surface area contributed by atoms with Crippen LogP contribution in [0.1, 0.15) is 32.0 Å². The van der Waals surface area contributed by atoms with Gasteiger partial charge in [0, 0.05) is 41.5 Å². The highest BCUT2D eigenvalue weighted by Gasteiger charge is 2.29. The highest BCUT2D eigenvalue weighted by molar-refractivity contribution is 7.59. The van der Waals surface area contributed by atoms with E-state index in [-0.39, 0.29) is 24.2 Å². The predicted octanol–water partition coefficient (Wildman–Crippen LogP) is 5.33. The molecule has 0 aliphatic rings. The molecular formula is C24H29FNO5P. The maximum absolute atomic E-state index is 13.6. The van der Waals surface area contributed by atoms with Gasteiger partial charge in [-0.2, -0.15) is 0 Å². The number of para-hydroxylation sites is 1. The van der Waals surface area contributed by atoms with E-state index < -0.39 is 25.9 Å². The molecule has 6 nitrogen and oxygen atoms in total. The number of hydrogen-bond acceptors (Lipinski definition) is 4. The van der Waals surface area contributed by atoms with Gasteiger partial charge in [0.05, 0.1) is 18.7 Å². The molecule has 2 atom stereocenters. The number of nitrogens with zero attached hydrogens (tertiary/aromatic N) is 1. The van der Waals surface area contributed by atoms with Gasteiger partial charge in [-0.3, -0.25) is 9.36 Å². The molecule has 8 heteroatoms. The Morgan fingerprint density at radius 3 is 2.41 bits per heavy atom.